The molecule has 0 saturated heterocycles. The van der Waals surface area contributed by atoms with Crippen LogP contribution < -0.4 is 0 Å². The van der Waals surface area contributed by atoms with E-state index in [1.165, 1.54) is 6.07 Å². The van der Waals surface area contributed by atoms with Crippen LogP contribution in [0, 0.1) is 5.82 Å². The van der Waals surface area contributed by atoms with Gasteiger partial charge in [0.05, 0.1) is 10.6 Å². The second kappa shape index (κ2) is 5.20. The third kappa shape index (κ3) is 2.96. The van der Waals surface area contributed by atoms with Crippen LogP contribution in [0.3, 0.4) is 0 Å². The van der Waals surface area contributed by atoms with E-state index in [2.05, 4.69) is 4.98 Å². The summed E-state index contributed by atoms with van der Waals surface area (Å²) < 4.78 is 50.2. The fourth-order valence-corrected chi connectivity index (χ4v) is 1.71. The van der Waals surface area contributed by atoms with E-state index in [9.17, 15) is 22.4 Å². The molecule has 0 unspecified atom stereocenters. The summed E-state index contributed by atoms with van der Waals surface area (Å²) in [5.41, 5.74) is -1.37. The summed E-state index contributed by atoms with van der Waals surface area (Å²) in [6.07, 6.45) is -3.99. The van der Waals surface area contributed by atoms with E-state index in [1.807, 2.05) is 0 Å². The SMILES string of the molecule is O=C(c1ccc(C(F)(F)F)cn1)c1cc(F)ccc1Cl. The third-order valence-corrected chi connectivity index (χ3v) is 2.83. The number of hydrogen-bond donors (Lipinski definition) is 0. The van der Waals surface area contributed by atoms with Crippen molar-refractivity contribution < 1.29 is 22.4 Å². The summed E-state index contributed by atoms with van der Waals surface area (Å²) in [5.74, 6) is -1.42. The highest BCUT2D eigenvalue weighted by Crippen LogP contribution is 2.29. The average Bonchev–Trinajstić information content (AvgIpc) is 2.40. The van der Waals surface area contributed by atoms with Gasteiger partial charge in [-0.2, -0.15) is 13.2 Å². The number of benzene rings is 1. The summed E-state index contributed by atoms with van der Waals surface area (Å²) >= 11 is 5.75. The zero-order chi connectivity index (χ0) is 14.9. The predicted octanol–water partition coefficient (Wildman–Crippen LogP) is 4.12. The predicted molar refractivity (Wildman–Crippen MR) is 64.1 cm³/mol. The summed E-state index contributed by atoms with van der Waals surface area (Å²) in [6.45, 7) is 0. The minimum absolute atomic E-state index is 0.00176. The Kier molecular flexibility index (Phi) is 3.76. The minimum atomic E-state index is -4.54. The van der Waals surface area contributed by atoms with Gasteiger partial charge in [-0.3, -0.25) is 9.78 Å². The number of alkyl halides is 3. The van der Waals surface area contributed by atoms with E-state index in [4.69, 9.17) is 11.6 Å². The van der Waals surface area contributed by atoms with E-state index in [0.29, 0.717) is 6.20 Å². The van der Waals surface area contributed by atoms with Crippen molar-refractivity contribution in [3.05, 3.63) is 64.2 Å². The van der Waals surface area contributed by atoms with Gasteiger partial charge < -0.3 is 0 Å². The second-order valence-corrected chi connectivity index (χ2v) is 4.29. The van der Waals surface area contributed by atoms with E-state index in [1.54, 1.807) is 0 Å². The van der Waals surface area contributed by atoms with Crippen LogP contribution in [0.4, 0.5) is 17.6 Å². The zero-order valence-electron chi connectivity index (χ0n) is 9.71. The number of carbonyl (C=O) groups excluding carboxylic acids is 1. The molecule has 0 radical (unpaired) electrons. The largest absolute Gasteiger partial charge is 0.417 e. The Morgan fingerprint density at radius 1 is 1.15 bits per heavy atom. The number of halogens is 5. The molecule has 2 nitrogen and oxygen atoms in total. The molecule has 0 fully saturated rings. The minimum Gasteiger partial charge on any atom is -0.287 e. The monoisotopic (exact) mass is 303 g/mol. The highest BCUT2D eigenvalue weighted by molar-refractivity contribution is 6.34. The Labute approximate surface area is 116 Å². The van der Waals surface area contributed by atoms with Gasteiger partial charge in [0.1, 0.15) is 11.5 Å². The van der Waals surface area contributed by atoms with E-state index >= 15 is 0 Å². The van der Waals surface area contributed by atoms with E-state index < -0.39 is 23.3 Å². The summed E-state index contributed by atoms with van der Waals surface area (Å²) in [4.78, 5) is 15.4. The number of ketones is 1. The Balaban J connectivity index is 2.37. The molecule has 1 heterocycles. The molecule has 20 heavy (non-hydrogen) atoms. The first kappa shape index (κ1) is 14.5. The molecular formula is C13H6ClF4NO. The molecular weight excluding hydrogens is 298 g/mol. The highest BCUT2D eigenvalue weighted by atomic mass is 35.5. The van der Waals surface area contributed by atoms with Gasteiger partial charge in [0.2, 0.25) is 5.78 Å². The maximum absolute atomic E-state index is 13.1. The number of rotatable bonds is 2. The van der Waals surface area contributed by atoms with Crippen molar-refractivity contribution >= 4 is 17.4 Å². The molecule has 0 aliphatic heterocycles. The smallest absolute Gasteiger partial charge is 0.287 e. The van der Waals surface area contributed by atoms with Crippen LogP contribution in [0.15, 0.2) is 36.5 Å². The molecule has 0 amide bonds. The van der Waals surface area contributed by atoms with Gasteiger partial charge in [0, 0.05) is 11.8 Å². The molecule has 0 N–H and O–H groups in total. The molecule has 0 aliphatic rings. The number of pyridine rings is 1. The van der Waals surface area contributed by atoms with Crippen molar-refractivity contribution in [1.29, 1.82) is 0 Å². The Hall–Kier alpha value is -1.95. The van der Waals surface area contributed by atoms with Crippen LogP contribution in [-0.4, -0.2) is 10.8 Å². The standard InChI is InChI=1S/C13H6ClF4NO/c14-10-3-2-8(15)5-9(10)12(20)11-4-1-7(6-19-11)13(16,17)18/h1-6H. The van der Waals surface area contributed by atoms with Crippen molar-refractivity contribution in [1.82, 2.24) is 4.98 Å². The Bertz CT molecular complexity index is 652. The van der Waals surface area contributed by atoms with Gasteiger partial charge in [0.25, 0.3) is 0 Å². The molecule has 0 saturated carbocycles. The lowest BCUT2D eigenvalue weighted by Gasteiger charge is -2.07. The molecule has 2 aromatic rings. The summed E-state index contributed by atoms with van der Waals surface area (Å²) in [7, 11) is 0. The summed E-state index contributed by atoms with van der Waals surface area (Å²) in [5, 5.41) is -0.00176. The normalized spacial score (nSPS) is 11.4. The van der Waals surface area contributed by atoms with Gasteiger partial charge in [-0.05, 0) is 30.3 Å². The van der Waals surface area contributed by atoms with Gasteiger partial charge >= 0.3 is 6.18 Å². The highest BCUT2D eigenvalue weighted by Gasteiger charge is 2.31. The zero-order valence-corrected chi connectivity index (χ0v) is 10.5. The maximum atomic E-state index is 13.1. The number of carbonyl (C=O) groups is 1. The molecule has 0 spiro atoms. The van der Waals surface area contributed by atoms with Crippen molar-refractivity contribution in [3.8, 4) is 0 Å². The first-order valence-electron chi connectivity index (χ1n) is 5.32. The van der Waals surface area contributed by atoms with Crippen LogP contribution in [0.25, 0.3) is 0 Å². The van der Waals surface area contributed by atoms with Gasteiger partial charge in [-0.15, -0.1) is 0 Å². The van der Waals surface area contributed by atoms with Crippen molar-refractivity contribution in [3.63, 3.8) is 0 Å². The van der Waals surface area contributed by atoms with Crippen molar-refractivity contribution in [2.24, 2.45) is 0 Å². The number of aromatic nitrogens is 1. The van der Waals surface area contributed by atoms with Gasteiger partial charge in [-0.1, -0.05) is 11.6 Å². The first-order chi connectivity index (χ1) is 9.29. The van der Waals surface area contributed by atoms with Gasteiger partial charge in [-0.25, -0.2) is 4.39 Å². The molecule has 1 aromatic heterocycles. The van der Waals surface area contributed by atoms with Gasteiger partial charge in [0.15, 0.2) is 0 Å². The lowest BCUT2D eigenvalue weighted by atomic mass is 10.1. The molecule has 2 rings (SSSR count). The molecule has 7 heteroatoms. The fraction of sp³-hybridized carbons (Fsp3) is 0.0769. The summed E-state index contributed by atoms with van der Waals surface area (Å²) in [6, 6.07) is 4.82. The van der Waals surface area contributed by atoms with E-state index in [-0.39, 0.29) is 16.3 Å². The average molecular weight is 304 g/mol. The molecule has 0 bridgehead atoms. The van der Waals surface area contributed by atoms with Crippen molar-refractivity contribution in [2.75, 3.05) is 0 Å². The number of nitrogens with zero attached hydrogens (tertiary/aromatic N) is 1. The lowest BCUT2D eigenvalue weighted by molar-refractivity contribution is -0.137. The molecule has 0 atom stereocenters. The van der Waals surface area contributed by atoms with Crippen molar-refractivity contribution in [2.45, 2.75) is 6.18 Å². The Morgan fingerprint density at radius 3 is 2.40 bits per heavy atom. The third-order valence-electron chi connectivity index (χ3n) is 2.50. The quantitative estimate of drug-likeness (QED) is 0.617. The second-order valence-electron chi connectivity index (χ2n) is 3.88. The molecule has 0 aliphatic carbocycles. The molecule has 104 valence electrons. The maximum Gasteiger partial charge on any atom is 0.417 e. The van der Waals surface area contributed by atoms with Crippen LogP contribution in [-0.2, 0) is 6.18 Å². The fourth-order valence-electron chi connectivity index (χ4n) is 1.51. The Morgan fingerprint density at radius 2 is 1.85 bits per heavy atom. The lowest BCUT2D eigenvalue weighted by Crippen LogP contribution is -2.09. The number of hydrogen-bond acceptors (Lipinski definition) is 2. The van der Waals surface area contributed by atoms with Crippen LogP contribution in [0.5, 0.6) is 0 Å². The topological polar surface area (TPSA) is 30.0 Å². The molecule has 1 aromatic carbocycles. The van der Waals surface area contributed by atoms with Crippen LogP contribution in [0.1, 0.15) is 21.6 Å². The van der Waals surface area contributed by atoms with E-state index in [0.717, 1.165) is 24.3 Å². The van der Waals surface area contributed by atoms with Crippen LogP contribution >= 0.6 is 11.6 Å². The first-order valence-corrected chi connectivity index (χ1v) is 5.70. The van der Waals surface area contributed by atoms with Crippen LogP contribution in [0.2, 0.25) is 5.02 Å².